The molecule has 0 bridgehead atoms. The van der Waals surface area contributed by atoms with Crippen molar-refractivity contribution in [3.63, 3.8) is 0 Å². The second-order valence-electron chi connectivity index (χ2n) is 4.84. The largest absolute Gasteiger partial charge is 0.312 e. The van der Waals surface area contributed by atoms with E-state index < -0.39 is 4.92 Å². The maximum Gasteiger partial charge on any atom is 0.312 e. The fourth-order valence-electron chi connectivity index (χ4n) is 2.64. The zero-order valence-corrected chi connectivity index (χ0v) is 10.7. The summed E-state index contributed by atoms with van der Waals surface area (Å²) in [5.41, 5.74) is 1.10. The Morgan fingerprint density at radius 1 is 1.50 bits per heavy atom. The van der Waals surface area contributed by atoms with Gasteiger partial charge in [-0.05, 0) is 33.1 Å². The van der Waals surface area contributed by atoms with Gasteiger partial charge in [0.2, 0.25) is 0 Å². The Labute approximate surface area is 105 Å². The van der Waals surface area contributed by atoms with Crippen LogP contribution in [0.2, 0.25) is 0 Å². The summed E-state index contributed by atoms with van der Waals surface area (Å²) >= 11 is 0. The molecule has 1 heterocycles. The quantitative estimate of drug-likeness (QED) is 0.606. The summed E-state index contributed by atoms with van der Waals surface area (Å²) < 4.78 is 1.65. The predicted molar refractivity (Wildman–Crippen MR) is 65.3 cm³/mol. The molecular weight excluding hydrogens is 234 g/mol. The third kappa shape index (κ3) is 2.27. The van der Waals surface area contributed by atoms with Gasteiger partial charge in [-0.15, -0.1) is 0 Å². The number of Topliss-reactive ketones (excluding diaryl/α,β-unsaturated/α-hetero) is 1. The van der Waals surface area contributed by atoms with Gasteiger partial charge in [0.25, 0.3) is 0 Å². The highest BCUT2D eigenvalue weighted by molar-refractivity contribution is 5.82. The van der Waals surface area contributed by atoms with E-state index in [1.54, 1.807) is 18.5 Å². The van der Waals surface area contributed by atoms with E-state index in [0.29, 0.717) is 30.1 Å². The molecule has 1 unspecified atom stereocenters. The number of carbonyl (C=O) groups excluding carboxylic acids is 1. The summed E-state index contributed by atoms with van der Waals surface area (Å²) in [6.45, 7) is 3.92. The second kappa shape index (κ2) is 4.88. The van der Waals surface area contributed by atoms with Gasteiger partial charge in [-0.1, -0.05) is 0 Å². The lowest BCUT2D eigenvalue weighted by molar-refractivity contribution is -0.386. The SMILES string of the molecule is Cc1nn(CCC2CCCC2=O)c(C)c1[N+](=O)[O-]. The number of carbonyl (C=O) groups is 1. The van der Waals surface area contributed by atoms with Crippen molar-refractivity contribution in [2.45, 2.75) is 46.1 Å². The minimum Gasteiger partial charge on any atom is -0.299 e. The Bertz CT molecular complexity index is 493. The molecule has 6 heteroatoms. The molecule has 0 aliphatic heterocycles. The fraction of sp³-hybridized carbons (Fsp3) is 0.667. The van der Waals surface area contributed by atoms with Gasteiger partial charge in [0, 0.05) is 18.9 Å². The second-order valence-corrected chi connectivity index (χ2v) is 4.84. The molecule has 1 aliphatic rings. The predicted octanol–water partition coefficient (Wildman–Crippen LogP) is 2.17. The summed E-state index contributed by atoms with van der Waals surface area (Å²) in [5.74, 6) is 0.444. The molecule has 0 radical (unpaired) electrons. The normalized spacial score (nSPS) is 19.4. The maximum absolute atomic E-state index is 11.5. The van der Waals surface area contributed by atoms with Crippen LogP contribution in [-0.2, 0) is 11.3 Å². The average molecular weight is 251 g/mol. The van der Waals surface area contributed by atoms with E-state index in [-0.39, 0.29) is 11.6 Å². The van der Waals surface area contributed by atoms with Gasteiger partial charge < -0.3 is 0 Å². The van der Waals surface area contributed by atoms with Crippen LogP contribution < -0.4 is 0 Å². The summed E-state index contributed by atoms with van der Waals surface area (Å²) in [4.78, 5) is 22.0. The van der Waals surface area contributed by atoms with Gasteiger partial charge in [0.05, 0.1) is 4.92 Å². The van der Waals surface area contributed by atoms with Gasteiger partial charge in [-0.3, -0.25) is 19.6 Å². The smallest absolute Gasteiger partial charge is 0.299 e. The highest BCUT2D eigenvalue weighted by Gasteiger charge is 2.26. The molecule has 0 N–H and O–H groups in total. The summed E-state index contributed by atoms with van der Waals surface area (Å²) in [7, 11) is 0. The molecule has 98 valence electrons. The molecule has 2 rings (SSSR count). The number of hydrogen-bond donors (Lipinski definition) is 0. The topological polar surface area (TPSA) is 78.0 Å². The van der Waals surface area contributed by atoms with Crippen molar-refractivity contribution in [3.8, 4) is 0 Å². The van der Waals surface area contributed by atoms with Crippen LogP contribution in [0.15, 0.2) is 0 Å². The van der Waals surface area contributed by atoms with Crippen molar-refractivity contribution in [2.24, 2.45) is 5.92 Å². The molecule has 0 aromatic carbocycles. The van der Waals surface area contributed by atoms with Gasteiger partial charge in [0.15, 0.2) is 0 Å². The lowest BCUT2D eigenvalue weighted by Crippen LogP contribution is -2.12. The lowest BCUT2D eigenvalue weighted by atomic mass is 10.0. The molecule has 0 amide bonds. The van der Waals surface area contributed by atoms with E-state index in [1.165, 1.54) is 0 Å². The first-order chi connectivity index (χ1) is 8.50. The van der Waals surface area contributed by atoms with E-state index >= 15 is 0 Å². The van der Waals surface area contributed by atoms with Gasteiger partial charge in [-0.25, -0.2) is 0 Å². The van der Waals surface area contributed by atoms with Crippen LogP contribution in [0.3, 0.4) is 0 Å². The van der Waals surface area contributed by atoms with Crippen LogP contribution in [0.1, 0.15) is 37.1 Å². The van der Waals surface area contributed by atoms with E-state index in [9.17, 15) is 14.9 Å². The van der Waals surface area contributed by atoms with Crippen LogP contribution in [-0.4, -0.2) is 20.5 Å². The molecule has 1 aliphatic carbocycles. The number of aromatic nitrogens is 2. The molecule has 18 heavy (non-hydrogen) atoms. The van der Waals surface area contributed by atoms with Gasteiger partial charge in [0.1, 0.15) is 17.2 Å². The molecule has 0 spiro atoms. The average Bonchev–Trinajstić information content (AvgIpc) is 2.80. The molecular formula is C12H17N3O3. The lowest BCUT2D eigenvalue weighted by Gasteiger charge is -2.08. The van der Waals surface area contributed by atoms with E-state index in [1.807, 2.05) is 0 Å². The highest BCUT2D eigenvalue weighted by atomic mass is 16.6. The number of hydrogen-bond acceptors (Lipinski definition) is 4. The fourth-order valence-corrected chi connectivity index (χ4v) is 2.64. The molecule has 1 aromatic rings. The zero-order valence-electron chi connectivity index (χ0n) is 10.7. The number of aryl methyl sites for hydroxylation is 2. The molecule has 1 fully saturated rings. The first-order valence-corrected chi connectivity index (χ1v) is 6.22. The first kappa shape index (κ1) is 12.7. The summed E-state index contributed by atoms with van der Waals surface area (Å²) in [6.07, 6.45) is 3.33. The molecule has 0 saturated heterocycles. The minimum atomic E-state index is -0.394. The van der Waals surface area contributed by atoms with Gasteiger partial charge in [-0.2, -0.15) is 5.10 Å². The van der Waals surface area contributed by atoms with Crippen LogP contribution in [0.4, 0.5) is 5.69 Å². The molecule has 1 saturated carbocycles. The summed E-state index contributed by atoms with van der Waals surface area (Å²) in [5, 5.41) is 15.0. The number of nitrogens with zero attached hydrogens (tertiary/aromatic N) is 3. The van der Waals surface area contributed by atoms with Crippen molar-refractivity contribution in [3.05, 3.63) is 21.5 Å². The van der Waals surface area contributed by atoms with Crippen LogP contribution in [0.5, 0.6) is 0 Å². The standard InChI is InChI=1S/C12H17N3O3/c1-8-12(15(17)18)9(2)14(13-8)7-6-10-4-3-5-11(10)16/h10H,3-7H2,1-2H3. The Kier molecular flexibility index (Phi) is 3.45. The van der Waals surface area contributed by atoms with E-state index in [4.69, 9.17) is 0 Å². The summed E-state index contributed by atoms with van der Waals surface area (Å²) in [6, 6.07) is 0. The van der Waals surface area contributed by atoms with Gasteiger partial charge >= 0.3 is 5.69 Å². The van der Waals surface area contributed by atoms with Crippen molar-refractivity contribution >= 4 is 11.5 Å². The molecule has 6 nitrogen and oxygen atoms in total. The highest BCUT2D eigenvalue weighted by Crippen LogP contribution is 2.26. The zero-order chi connectivity index (χ0) is 13.3. The number of nitro groups is 1. The molecule has 1 aromatic heterocycles. The minimum absolute atomic E-state index is 0.0905. The van der Waals surface area contributed by atoms with Crippen molar-refractivity contribution in [1.29, 1.82) is 0 Å². The van der Waals surface area contributed by atoms with E-state index in [2.05, 4.69) is 5.10 Å². The Hall–Kier alpha value is -1.72. The van der Waals surface area contributed by atoms with Crippen LogP contribution in [0.25, 0.3) is 0 Å². The third-order valence-corrected chi connectivity index (χ3v) is 3.65. The molecule has 1 atom stereocenters. The van der Waals surface area contributed by atoms with Crippen molar-refractivity contribution < 1.29 is 9.72 Å². The Balaban J connectivity index is 2.08. The van der Waals surface area contributed by atoms with Crippen LogP contribution >= 0.6 is 0 Å². The maximum atomic E-state index is 11.5. The van der Waals surface area contributed by atoms with Crippen molar-refractivity contribution in [1.82, 2.24) is 9.78 Å². The van der Waals surface area contributed by atoms with Crippen LogP contribution in [0, 0.1) is 29.9 Å². The third-order valence-electron chi connectivity index (χ3n) is 3.65. The van der Waals surface area contributed by atoms with Crippen molar-refractivity contribution in [2.75, 3.05) is 0 Å². The van der Waals surface area contributed by atoms with E-state index in [0.717, 1.165) is 19.3 Å². The first-order valence-electron chi connectivity index (χ1n) is 6.22. The Morgan fingerprint density at radius 3 is 2.72 bits per heavy atom. The number of rotatable bonds is 4. The Morgan fingerprint density at radius 2 is 2.22 bits per heavy atom. The monoisotopic (exact) mass is 251 g/mol. The number of ketones is 1.